The summed E-state index contributed by atoms with van der Waals surface area (Å²) in [7, 11) is 0. The van der Waals surface area contributed by atoms with Crippen molar-refractivity contribution in [2.24, 2.45) is 5.92 Å². The Kier molecular flexibility index (Phi) is 6.89. The van der Waals surface area contributed by atoms with Crippen LogP contribution in [0.1, 0.15) is 49.9 Å². The molecule has 3 atom stereocenters. The maximum atomic E-state index is 13.5. The second-order valence-electron chi connectivity index (χ2n) is 10.4. The van der Waals surface area contributed by atoms with Crippen molar-refractivity contribution in [3.05, 3.63) is 48.0 Å². The molecule has 2 aromatic rings. The first-order valence-electron chi connectivity index (χ1n) is 12.9. The van der Waals surface area contributed by atoms with E-state index in [2.05, 4.69) is 23.6 Å². The average molecular weight is 464 g/mol. The summed E-state index contributed by atoms with van der Waals surface area (Å²) in [6.45, 7) is 9.26. The lowest BCUT2D eigenvalue weighted by atomic mass is 9.94. The molecule has 5 rings (SSSR count). The van der Waals surface area contributed by atoms with Crippen molar-refractivity contribution < 1.29 is 14.3 Å². The Hall–Kier alpha value is -2.44. The molecule has 3 heterocycles. The lowest BCUT2D eigenvalue weighted by molar-refractivity contribution is -0.138. The van der Waals surface area contributed by atoms with Crippen molar-refractivity contribution in [3.63, 3.8) is 0 Å². The third-order valence-corrected chi connectivity index (χ3v) is 7.78. The first-order chi connectivity index (χ1) is 16.5. The van der Waals surface area contributed by atoms with E-state index in [0.717, 1.165) is 68.2 Å². The zero-order valence-electron chi connectivity index (χ0n) is 20.5. The predicted octanol–water partition coefficient (Wildman–Crippen LogP) is 3.79. The SMILES string of the molecule is CC1CN(CC2CCCN2C(=O)C2CCN(C(=O)c3cccc4ccccc34)CC2)CC(C)O1. The van der Waals surface area contributed by atoms with E-state index in [0.29, 0.717) is 25.0 Å². The third kappa shape index (κ3) is 4.84. The molecule has 182 valence electrons. The molecule has 3 aliphatic heterocycles. The van der Waals surface area contributed by atoms with Crippen LogP contribution >= 0.6 is 0 Å². The molecule has 6 nitrogen and oxygen atoms in total. The number of carbonyl (C=O) groups is 2. The third-order valence-electron chi connectivity index (χ3n) is 7.78. The van der Waals surface area contributed by atoms with Crippen molar-refractivity contribution in [2.45, 2.75) is 57.8 Å². The molecule has 2 amide bonds. The molecule has 0 N–H and O–H groups in total. The first-order valence-corrected chi connectivity index (χ1v) is 12.9. The van der Waals surface area contributed by atoms with Gasteiger partial charge in [0.1, 0.15) is 0 Å². The number of benzene rings is 2. The summed E-state index contributed by atoms with van der Waals surface area (Å²) in [5.41, 5.74) is 0.761. The number of nitrogens with zero attached hydrogens (tertiary/aromatic N) is 3. The van der Waals surface area contributed by atoms with Crippen LogP contribution in [0.2, 0.25) is 0 Å². The van der Waals surface area contributed by atoms with Gasteiger partial charge in [0.25, 0.3) is 5.91 Å². The van der Waals surface area contributed by atoms with E-state index in [4.69, 9.17) is 4.74 Å². The molecule has 0 bridgehead atoms. The second-order valence-corrected chi connectivity index (χ2v) is 10.4. The summed E-state index contributed by atoms with van der Waals surface area (Å²) in [6, 6.07) is 14.3. The highest BCUT2D eigenvalue weighted by atomic mass is 16.5. The molecule has 6 heteroatoms. The highest BCUT2D eigenvalue weighted by molar-refractivity contribution is 6.07. The number of amides is 2. The number of morpholine rings is 1. The summed E-state index contributed by atoms with van der Waals surface area (Å²) in [4.78, 5) is 33.3. The highest BCUT2D eigenvalue weighted by Gasteiger charge is 2.37. The van der Waals surface area contributed by atoms with Crippen molar-refractivity contribution in [2.75, 3.05) is 39.3 Å². The maximum Gasteiger partial charge on any atom is 0.254 e. The van der Waals surface area contributed by atoms with E-state index >= 15 is 0 Å². The Morgan fingerprint density at radius 3 is 2.38 bits per heavy atom. The molecule has 3 unspecified atom stereocenters. The van der Waals surface area contributed by atoms with Crippen LogP contribution in [-0.4, -0.2) is 84.0 Å². The lowest BCUT2D eigenvalue weighted by Crippen LogP contribution is -2.52. The van der Waals surface area contributed by atoms with Gasteiger partial charge in [-0.15, -0.1) is 0 Å². The second kappa shape index (κ2) is 10.0. The molecule has 3 aliphatic rings. The van der Waals surface area contributed by atoms with Gasteiger partial charge in [0.15, 0.2) is 0 Å². The Bertz CT molecular complexity index is 1020. The van der Waals surface area contributed by atoms with Gasteiger partial charge in [-0.3, -0.25) is 14.5 Å². The number of carbonyl (C=O) groups excluding carboxylic acids is 2. The van der Waals surface area contributed by atoms with Gasteiger partial charge < -0.3 is 14.5 Å². The molecule has 0 aromatic heterocycles. The van der Waals surface area contributed by atoms with E-state index in [1.807, 2.05) is 47.4 Å². The maximum absolute atomic E-state index is 13.5. The minimum atomic E-state index is 0.0275. The number of likely N-dealkylation sites (tertiary alicyclic amines) is 2. The van der Waals surface area contributed by atoms with Gasteiger partial charge in [-0.25, -0.2) is 0 Å². The standard InChI is InChI=1S/C28H37N3O3/c1-20-17-29(18-21(2)34-20)19-24-9-6-14-31(24)27(32)23-12-15-30(16-13-23)28(33)26-11-5-8-22-7-3-4-10-25(22)26/h3-5,7-8,10-11,20-21,23-24H,6,9,12-19H2,1-2H3. The molecule has 3 fully saturated rings. The zero-order valence-corrected chi connectivity index (χ0v) is 20.5. The summed E-state index contributed by atoms with van der Waals surface area (Å²) in [5.74, 6) is 0.408. The summed E-state index contributed by atoms with van der Waals surface area (Å²) < 4.78 is 5.88. The molecule has 0 saturated carbocycles. The van der Waals surface area contributed by atoms with Crippen LogP contribution in [0.3, 0.4) is 0 Å². The molecule has 0 spiro atoms. The van der Waals surface area contributed by atoms with Gasteiger partial charge in [0.05, 0.1) is 12.2 Å². The van der Waals surface area contributed by atoms with E-state index in [1.165, 1.54) is 0 Å². The number of rotatable bonds is 4. The van der Waals surface area contributed by atoms with Crippen molar-refractivity contribution in [1.29, 1.82) is 0 Å². The molecule has 2 aromatic carbocycles. The molecular formula is C28H37N3O3. The minimum absolute atomic E-state index is 0.0275. The van der Waals surface area contributed by atoms with E-state index < -0.39 is 0 Å². The van der Waals surface area contributed by atoms with Crippen LogP contribution in [0.15, 0.2) is 42.5 Å². The monoisotopic (exact) mass is 463 g/mol. The fourth-order valence-electron chi connectivity index (χ4n) is 6.19. The number of piperidine rings is 1. The molecule has 0 aliphatic carbocycles. The number of fused-ring (bicyclic) bond motifs is 1. The predicted molar refractivity (Wildman–Crippen MR) is 134 cm³/mol. The van der Waals surface area contributed by atoms with Crippen molar-refractivity contribution >= 4 is 22.6 Å². The normalized spacial score (nSPS) is 26.8. The largest absolute Gasteiger partial charge is 0.373 e. The Morgan fingerprint density at radius 1 is 0.912 bits per heavy atom. The van der Waals surface area contributed by atoms with Crippen molar-refractivity contribution in [1.82, 2.24) is 14.7 Å². The van der Waals surface area contributed by atoms with Gasteiger partial charge in [0.2, 0.25) is 5.91 Å². The Labute approximate surface area is 202 Å². The first kappa shape index (κ1) is 23.3. The summed E-state index contributed by atoms with van der Waals surface area (Å²) in [5, 5.41) is 2.09. The molecule has 3 saturated heterocycles. The Morgan fingerprint density at radius 2 is 1.62 bits per heavy atom. The fourth-order valence-corrected chi connectivity index (χ4v) is 6.19. The fraction of sp³-hybridized carbons (Fsp3) is 0.571. The van der Waals surface area contributed by atoms with E-state index in [1.54, 1.807) is 0 Å². The molecule has 0 radical (unpaired) electrons. The van der Waals surface area contributed by atoms with Crippen LogP contribution in [0, 0.1) is 5.92 Å². The van der Waals surface area contributed by atoms with Gasteiger partial charge in [-0.2, -0.15) is 0 Å². The van der Waals surface area contributed by atoms with Crippen LogP contribution in [0.4, 0.5) is 0 Å². The Balaban J connectivity index is 1.19. The summed E-state index contributed by atoms with van der Waals surface area (Å²) >= 11 is 0. The number of hydrogen-bond donors (Lipinski definition) is 0. The molecule has 34 heavy (non-hydrogen) atoms. The van der Waals surface area contributed by atoms with Crippen LogP contribution in [0.25, 0.3) is 10.8 Å². The summed E-state index contributed by atoms with van der Waals surface area (Å²) in [6.07, 6.45) is 4.18. The molecular weight excluding hydrogens is 426 g/mol. The number of hydrogen-bond acceptors (Lipinski definition) is 4. The van der Waals surface area contributed by atoms with Crippen LogP contribution in [-0.2, 0) is 9.53 Å². The van der Waals surface area contributed by atoms with Gasteiger partial charge >= 0.3 is 0 Å². The topological polar surface area (TPSA) is 53.1 Å². The van der Waals surface area contributed by atoms with Gasteiger partial charge in [-0.1, -0.05) is 36.4 Å². The smallest absolute Gasteiger partial charge is 0.254 e. The van der Waals surface area contributed by atoms with E-state index in [9.17, 15) is 9.59 Å². The average Bonchev–Trinajstić information content (AvgIpc) is 3.30. The quantitative estimate of drug-likeness (QED) is 0.692. The van der Waals surface area contributed by atoms with E-state index in [-0.39, 0.29) is 24.0 Å². The van der Waals surface area contributed by atoms with Crippen LogP contribution < -0.4 is 0 Å². The van der Waals surface area contributed by atoms with Gasteiger partial charge in [0, 0.05) is 56.8 Å². The van der Waals surface area contributed by atoms with Crippen LogP contribution in [0.5, 0.6) is 0 Å². The minimum Gasteiger partial charge on any atom is -0.373 e. The van der Waals surface area contributed by atoms with Crippen molar-refractivity contribution in [3.8, 4) is 0 Å². The van der Waals surface area contributed by atoms with Gasteiger partial charge in [-0.05, 0) is 56.4 Å². The highest BCUT2D eigenvalue weighted by Crippen LogP contribution is 2.28. The number of ether oxygens (including phenoxy) is 1. The lowest BCUT2D eigenvalue weighted by Gasteiger charge is -2.39. The zero-order chi connectivity index (χ0) is 23.7.